The topological polar surface area (TPSA) is 157 Å². The van der Waals surface area contributed by atoms with Crippen LogP contribution in [0, 0.1) is 0 Å². The lowest BCUT2D eigenvalue weighted by Gasteiger charge is -2.20. The van der Waals surface area contributed by atoms with Crippen LogP contribution in [0.2, 0.25) is 0 Å². The minimum atomic E-state index is -1.47. The Bertz CT molecular complexity index is 322. The zero-order valence-electron chi connectivity index (χ0n) is 9.26. The molecule has 0 unspecified atom stereocenters. The van der Waals surface area contributed by atoms with Crippen molar-refractivity contribution in [3.8, 4) is 0 Å². The Hall–Kier alpha value is -1.26. The van der Waals surface area contributed by atoms with E-state index in [-0.39, 0.29) is 0 Å². The van der Waals surface area contributed by atoms with E-state index in [9.17, 15) is 19.8 Å². The third kappa shape index (κ3) is 3.37. The molecule has 104 valence electrons. The summed E-state index contributed by atoms with van der Waals surface area (Å²) in [6, 6.07) is -1.47. The van der Waals surface area contributed by atoms with Gasteiger partial charge in [-0.1, -0.05) is 0 Å². The van der Waals surface area contributed by atoms with Crippen molar-refractivity contribution < 1.29 is 39.9 Å². The van der Waals surface area contributed by atoms with E-state index in [4.69, 9.17) is 20.1 Å². The highest BCUT2D eigenvalue weighted by Gasteiger charge is 2.43. The number of hydrogen-bond acceptors (Lipinski definition) is 7. The van der Waals surface area contributed by atoms with Gasteiger partial charge in [-0.3, -0.25) is 14.9 Å². The van der Waals surface area contributed by atoms with Gasteiger partial charge in [-0.2, -0.15) is 0 Å². The summed E-state index contributed by atoms with van der Waals surface area (Å²) in [7, 11) is 0. The fourth-order valence-corrected chi connectivity index (χ4v) is 1.63. The first-order chi connectivity index (χ1) is 8.36. The van der Waals surface area contributed by atoms with Gasteiger partial charge in [0.05, 0.1) is 13.0 Å². The Balaban J connectivity index is 2.64. The molecule has 1 aliphatic heterocycles. The molecule has 0 radical (unpaired) electrons. The van der Waals surface area contributed by atoms with Gasteiger partial charge in [0.2, 0.25) is 0 Å². The molecule has 0 bridgehead atoms. The molecule has 1 heterocycles. The molecular formula is C9H15NO8. The normalized spacial score (nSPS) is 33.3. The molecule has 9 heteroatoms. The molecule has 0 amide bonds. The van der Waals surface area contributed by atoms with Gasteiger partial charge in [-0.15, -0.1) is 0 Å². The maximum absolute atomic E-state index is 10.8. The number of aliphatic hydroxyl groups excluding tert-OH is 3. The van der Waals surface area contributed by atoms with Crippen LogP contribution in [0.4, 0.5) is 0 Å². The predicted octanol–water partition coefficient (Wildman–Crippen LogP) is -3.06. The number of carbonyl (C=O) groups is 2. The van der Waals surface area contributed by atoms with Crippen LogP contribution in [-0.2, 0) is 14.3 Å². The zero-order chi connectivity index (χ0) is 13.9. The number of carboxylic acid groups (broad SMARTS) is 2. The lowest BCUT2D eigenvalue weighted by molar-refractivity contribution is -0.147. The second-order valence-corrected chi connectivity index (χ2v) is 3.91. The molecule has 0 aliphatic carbocycles. The molecule has 18 heavy (non-hydrogen) atoms. The van der Waals surface area contributed by atoms with Crippen LogP contribution < -0.4 is 5.32 Å². The molecule has 0 saturated carbocycles. The monoisotopic (exact) mass is 265 g/mol. The third-order valence-corrected chi connectivity index (χ3v) is 2.58. The Morgan fingerprint density at radius 1 is 1.22 bits per heavy atom. The Morgan fingerprint density at radius 2 is 1.83 bits per heavy atom. The summed E-state index contributed by atoms with van der Waals surface area (Å²) in [5.74, 6) is -2.75. The van der Waals surface area contributed by atoms with E-state index in [1.807, 2.05) is 0 Å². The highest BCUT2D eigenvalue weighted by atomic mass is 16.6. The Labute approximate surface area is 102 Å². The molecule has 5 atom stereocenters. The molecule has 1 saturated heterocycles. The van der Waals surface area contributed by atoms with Gasteiger partial charge in [0.1, 0.15) is 30.6 Å². The van der Waals surface area contributed by atoms with Crippen molar-refractivity contribution in [3.63, 3.8) is 0 Å². The van der Waals surface area contributed by atoms with Gasteiger partial charge in [-0.25, -0.2) is 0 Å². The summed E-state index contributed by atoms with van der Waals surface area (Å²) in [5, 5.41) is 47.4. The molecule has 1 fully saturated rings. The first kappa shape index (κ1) is 14.8. The first-order valence-corrected chi connectivity index (χ1v) is 5.20. The Morgan fingerprint density at radius 3 is 2.22 bits per heavy atom. The van der Waals surface area contributed by atoms with Crippen molar-refractivity contribution >= 4 is 11.9 Å². The van der Waals surface area contributed by atoms with Crippen LogP contribution in [0.25, 0.3) is 0 Å². The first-order valence-electron chi connectivity index (χ1n) is 5.20. The smallest absolute Gasteiger partial charge is 0.321 e. The highest BCUT2D eigenvalue weighted by molar-refractivity contribution is 5.80. The van der Waals surface area contributed by atoms with E-state index < -0.39 is 55.5 Å². The SMILES string of the molecule is O=C(O)C[C@H](N[C@H]1O[C@@H](CO)[C@H](O)[C@H]1O)C(=O)O. The Kier molecular flexibility index (Phi) is 4.99. The maximum atomic E-state index is 10.8. The van der Waals surface area contributed by atoms with Crippen LogP contribution in [0.1, 0.15) is 6.42 Å². The number of hydrogen-bond donors (Lipinski definition) is 6. The van der Waals surface area contributed by atoms with Crippen molar-refractivity contribution in [1.29, 1.82) is 0 Å². The average Bonchev–Trinajstić information content (AvgIpc) is 2.55. The van der Waals surface area contributed by atoms with E-state index >= 15 is 0 Å². The molecule has 0 spiro atoms. The van der Waals surface area contributed by atoms with E-state index in [1.54, 1.807) is 0 Å². The van der Waals surface area contributed by atoms with Gasteiger partial charge in [0, 0.05) is 0 Å². The van der Waals surface area contributed by atoms with Gasteiger partial charge >= 0.3 is 11.9 Å². The molecule has 0 aromatic heterocycles. The van der Waals surface area contributed by atoms with Crippen LogP contribution in [0.5, 0.6) is 0 Å². The van der Waals surface area contributed by atoms with Crippen molar-refractivity contribution in [2.75, 3.05) is 6.61 Å². The molecule has 6 N–H and O–H groups in total. The standard InChI is InChI=1S/C9H15NO8/c11-2-4-6(14)7(15)8(18-4)10-3(9(16)17)1-5(12)13/h3-4,6-8,10-11,14-15H,1-2H2,(H,12,13)(H,16,17)/t3-,4-,6-,7+,8-/m0/s1. The van der Waals surface area contributed by atoms with Crippen molar-refractivity contribution in [3.05, 3.63) is 0 Å². The van der Waals surface area contributed by atoms with E-state index in [0.717, 1.165) is 0 Å². The van der Waals surface area contributed by atoms with Crippen LogP contribution in [0.3, 0.4) is 0 Å². The summed E-state index contributed by atoms with van der Waals surface area (Å²) in [5.41, 5.74) is 0. The van der Waals surface area contributed by atoms with Gasteiger partial charge in [0.15, 0.2) is 0 Å². The minimum absolute atomic E-state index is 0.549. The third-order valence-electron chi connectivity index (χ3n) is 2.58. The summed E-state index contributed by atoms with van der Waals surface area (Å²) in [6.45, 7) is -0.549. The average molecular weight is 265 g/mol. The number of aliphatic hydroxyl groups is 3. The quantitative estimate of drug-likeness (QED) is 0.293. The molecule has 9 nitrogen and oxygen atoms in total. The van der Waals surface area contributed by atoms with E-state index in [1.165, 1.54) is 0 Å². The van der Waals surface area contributed by atoms with Gasteiger partial charge in [0.25, 0.3) is 0 Å². The summed E-state index contributed by atoms with van der Waals surface area (Å²) in [4.78, 5) is 21.2. The molecule has 1 aliphatic rings. The maximum Gasteiger partial charge on any atom is 0.321 e. The molecule has 0 aromatic rings. The minimum Gasteiger partial charge on any atom is -0.481 e. The largest absolute Gasteiger partial charge is 0.481 e. The van der Waals surface area contributed by atoms with Crippen molar-refractivity contribution in [2.24, 2.45) is 0 Å². The van der Waals surface area contributed by atoms with E-state index in [2.05, 4.69) is 5.32 Å². The molecule has 0 aromatic carbocycles. The number of aliphatic carboxylic acids is 2. The van der Waals surface area contributed by atoms with Crippen molar-refractivity contribution in [2.45, 2.75) is 37.0 Å². The number of rotatable bonds is 6. The second kappa shape index (κ2) is 6.07. The summed E-state index contributed by atoms with van der Waals surface area (Å²) < 4.78 is 4.98. The predicted molar refractivity (Wildman–Crippen MR) is 54.6 cm³/mol. The zero-order valence-corrected chi connectivity index (χ0v) is 9.26. The molecular weight excluding hydrogens is 250 g/mol. The summed E-state index contributed by atoms with van der Waals surface area (Å²) in [6.07, 6.45) is -5.82. The lowest BCUT2D eigenvalue weighted by atomic mass is 10.1. The second-order valence-electron chi connectivity index (χ2n) is 3.91. The van der Waals surface area contributed by atoms with Crippen LogP contribution in [-0.4, -0.2) is 74.7 Å². The summed E-state index contributed by atoms with van der Waals surface area (Å²) >= 11 is 0. The highest BCUT2D eigenvalue weighted by Crippen LogP contribution is 2.20. The van der Waals surface area contributed by atoms with Crippen molar-refractivity contribution in [1.82, 2.24) is 5.32 Å². The fraction of sp³-hybridized carbons (Fsp3) is 0.778. The van der Waals surface area contributed by atoms with Crippen LogP contribution in [0.15, 0.2) is 0 Å². The van der Waals surface area contributed by atoms with Gasteiger partial charge in [-0.05, 0) is 0 Å². The number of ether oxygens (including phenoxy) is 1. The number of carboxylic acids is 2. The fourth-order valence-electron chi connectivity index (χ4n) is 1.63. The lowest BCUT2D eigenvalue weighted by Crippen LogP contribution is -2.49. The number of nitrogens with one attached hydrogen (secondary N) is 1. The van der Waals surface area contributed by atoms with Gasteiger partial charge < -0.3 is 30.3 Å². The van der Waals surface area contributed by atoms with Crippen LogP contribution >= 0.6 is 0 Å². The van der Waals surface area contributed by atoms with E-state index in [0.29, 0.717) is 0 Å². The molecule has 1 rings (SSSR count).